The zero-order chi connectivity index (χ0) is 29.5. The van der Waals surface area contributed by atoms with Crippen LogP contribution in [0.1, 0.15) is 15.4 Å². The van der Waals surface area contributed by atoms with Gasteiger partial charge in [0.2, 0.25) is 0 Å². The maximum atomic E-state index is 13.3. The molecule has 1 fully saturated rings. The van der Waals surface area contributed by atoms with Crippen LogP contribution in [0.15, 0.2) is 72.2 Å². The lowest BCUT2D eigenvalue weighted by molar-refractivity contribution is 0.0346. The molecule has 5 heterocycles. The van der Waals surface area contributed by atoms with E-state index in [0.717, 1.165) is 70.5 Å². The first-order valence-electron chi connectivity index (χ1n) is 14.1. The van der Waals surface area contributed by atoms with Crippen LogP contribution in [0.2, 0.25) is 0 Å². The molecule has 1 saturated heterocycles. The maximum absolute atomic E-state index is 13.3. The van der Waals surface area contributed by atoms with Gasteiger partial charge < -0.3 is 25.1 Å². The number of nitrogen functional groups attached to an aromatic ring is 1. The highest BCUT2D eigenvalue weighted by Crippen LogP contribution is 2.44. The normalized spacial score (nSPS) is 14.0. The molecule has 2 aromatic carbocycles. The molecule has 8 nitrogen and oxygen atoms in total. The second-order valence-corrected chi connectivity index (χ2v) is 12.6. The van der Waals surface area contributed by atoms with E-state index in [1.54, 1.807) is 29.8 Å². The number of amides is 1. The number of carbonyl (C=O) groups excluding carboxylic acids is 1. The molecule has 1 amide bonds. The van der Waals surface area contributed by atoms with E-state index in [-0.39, 0.29) is 5.91 Å². The number of morpholine rings is 1. The van der Waals surface area contributed by atoms with Gasteiger partial charge in [0.1, 0.15) is 17.3 Å². The Balaban J connectivity index is 1.18. The van der Waals surface area contributed by atoms with Gasteiger partial charge in [-0.25, -0.2) is 4.98 Å². The molecule has 0 saturated carbocycles. The molecular weight excluding hydrogens is 579 g/mol. The van der Waals surface area contributed by atoms with E-state index >= 15 is 0 Å². The Morgan fingerprint density at radius 2 is 1.93 bits per heavy atom. The van der Waals surface area contributed by atoms with Gasteiger partial charge in [-0.3, -0.25) is 9.69 Å². The third-order valence-electron chi connectivity index (χ3n) is 7.98. The van der Waals surface area contributed by atoms with Crippen molar-refractivity contribution in [1.82, 2.24) is 14.5 Å². The quantitative estimate of drug-likeness (QED) is 0.205. The average molecular weight is 610 g/mol. The number of nitrogens with zero attached hydrogens (tertiary/aromatic N) is 3. The van der Waals surface area contributed by atoms with Gasteiger partial charge in [0.25, 0.3) is 5.91 Å². The largest absolute Gasteiger partial charge is 0.495 e. The minimum Gasteiger partial charge on any atom is -0.495 e. The number of hydrogen-bond donors (Lipinski definition) is 2. The SMILES string of the molecule is COc1cc(-c2csc3c(-c4ccc(CN5CCOCC5)s4)cnc(N)c23)ccc1NC(=O)c1cc2ccccc2n1C. The fraction of sp³-hybridized carbons (Fsp3) is 0.212. The Kier molecular flexibility index (Phi) is 7.36. The molecule has 7 rings (SSSR count). The van der Waals surface area contributed by atoms with Gasteiger partial charge in [-0.2, -0.15) is 0 Å². The molecule has 3 N–H and O–H groups in total. The fourth-order valence-corrected chi connectivity index (χ4v) is 7.94. The van der Waals surface area contributed by atoms with Gasteiger partial charge in [-0.15, -0.1) is 22.7 Å². The molecule has 218 valence electrons. The molecule has 0 spiro atoms. The van der Waals surface area contributed by atoms with E-state index in [1.165, 1.54) is 9.75 Å². The number of anilines is 2. The number of pyridine rings is 1. The summed E-state index contributed by atoms with van der Waals surface area (Å²) < 4.78 is 14.2. The molecule has 0 bridgehead atoms. The Labute approximate surface area is 257 Å². The predicted molar refractivity (Wildman–Crippen MR) is 176 cm³/mol. The Morgan fingerprint density at radius 3 is 2.74 bits per heavy atom. The van der Waals surface area contributed by atoms with Crippen LogP contribution in [-0.4, -0.2) is 53.8 Å². The number of fused-ring (bicyclic) bond motifs is 2. The van der Waals surface area contributed by atoms with Crippen molar-refractivity contribution in [2.45, 2.75) is 6.54 Å². The molecule has 6 aromatic rings. The van der Waals surface area contributed by atoms with E-state index in [0.29, 0.717) is 22.9 Å². The molecule has 43 heavy (non-hydrogen) atoms. The Bertz CT molecular complexity index is 1970. The highest BCUT2D eigenvalue weighted by molar-refractivity contribution is 7.20. The van der Waals surface area contributed by atoms with Crippen molar-refractivity contribution in [3.05, 3.63) is 82.8 Å². The molecule has 1 aliphatic rings. The van der Waals surface area contributed by atoms with Crippen molar-refractivity contribution < 1.29 is 14.3 Å². The minimum atomic E-state index is -0.201. The number of thiophene rings is 2. The van der Waals surface area contributed by atoms with Crippen LogP contribution in [0.3, 0.4) is 0 Å². The van der Waals surface area contributed by atoms with Crippen molar-refractivity contribution >= 4 is 61.1 Å². The number of rotatable bonds is 7. The van der Waals surface area contributed by atoms with Crippen LogP contribution < -0.4 is 15.8 Å². The zero-order valence-corrected chi connectivity index (χ0v) is 25.6. The first-order valence-corrected chi connectivity index (χ1v) is 15.8. The first kappa shape index (κ1) is 27.6. The highest BCUT2D eigenvalue weighted by Gasteiger charge is 2.20. The minimum absolute atomic E-state index is 0.201. The summed E-state index contributed by atoms with van der Waals surface area (Å²) >= 11 is 3.47. The summed E-state index contributed by atoms with van der Waals surface area (Å²) in [6.07, 6.45) is 1.88. The average Bonchev–Trinajstić information content (AvgIpc) is 3.76. The lowest BCUT2D eigenvalue weighted by Gasteiger charge is -2.25. The number of para-hydroxylation sites is 1. The third kappa shape index (κ3) is 5.16. The van der Waals surface area contributed by atoms with Gasteiger partial charge in [0.15, 0.2) is 0 Å². The van der Waals surface area contributed by atoms with Gasteiger partial charge in [0.05, 0.1) is 26.0 Å². The lowest BCUT2D eigenvalue weighted by atomic mass is 10.0. The van der Waals surface area contributed by atoms with E-state index < -0.39 is 0 Å². The summed E-state index contributed by atoms with van der Waals surface area (Å²) in [4.78, 5) is 22.8. The zero-order valence-electron chi connectivity index (χ0n) is 23.9. The summed E-state index contributed by atoms with van der Waals surface area (Å²) in [5.41, 5.74) is 11.7. The van der Waals surface area contributed by atoms with E-state index in [9.17, 15) is 4.79 Å². The number of nitrogens with one attached hydrogen (secondary N) is 1. The number of nitrogens with two attached hydrogens (primary N) is 1. The smallest absolute Gasteiger partial charge is 0.272 e. The molecule has 0 unspecified atom stereocenters. The number of aryl methyl sites for hydroxylation is 1. The topological polar surface area (TPSA) is 94.6 Å². The molecule has 4 aromatic heterocycles. The van der Waals surface area contributed by atoms with Gasteiger partial charge >= 0.3 is 0 Å². The summed E-state index contributed by atoms with van der Waals surface area (Å²) in [5, 5.41) is 7.10. The highest BCUT2D eigenvalue weighted by atomic mass is 32.1. The number of methoxy groups -OCH3 is 1. The van der Waals surface area contributed by atoms with Crippen LogP contribution in [-0.2, 0) is 18.3 Å². The summed E-state index contributed by atoms with van der Waals surface area (Å²) in [5.74, 6) is 0.859. The number of carbonyl (C=O) groups is 1. The first-order chi connectivity index (χ1) is 21.0. The molecule has 0 atom stereocenters. The summed E-state index contributed by atoms with van der Waals surface area (Å²) in [7, 11) is 3.50. The number of benzene rings is 2. The van der Waals surface area contributed by atoms with E-state index in [1.807, 2.05) is 66.3 Å². The van der Waals surface area contributed by atoms with Gasteiger partial charge in [-0.05, 0) is 47.3 Å². The summed E-state index contributed by atoms with van der Waals surface area (Å²) in [6.45, 7) is 4.44. The van der Waals surface area contributed by atoms with Crippen LogP contribution >= 0.6 is 22.7 Å². The predicted octanol–water partition coefficient (Wildman–Crippen LogP) is 6.86. The van der Waals surface area contributed by atoms with Crippen molar-refractivity contribution in [1.29, 1.82) is 0 Å². The van der Waals surface area contributed by atoms with E-state index in [4.69, 9.17) is 15.2 Å². The molecule has 0 radical (unpaired) electrons. The second-order valence-electron chi connectivity index (χ2n) is 10.6. The van der Waals surface area contributed by atoms with Crippen molar-refractivity contribution in [3.8, 4) is 27.3 Å². The van der Waals surface area contributed by atoms with Crippen LogP contribution in [0.4, 0.5) is 11.5 Å². The fourth-order valence-electron chi connectivity index (χ4n) is 5.70. The third-order valence-corrected chi connectivity index (χ3v) is 10.1. The number of ether oxygens (including phenoxy) is 2. The van der Waals surface area contributed by atoms with Crippen molar-refractivity contribution in [2.24, 2.45) is 7.05 Å². The Morgan fingerprint density at radius 1 is 1.09 bits per heavy atom. The van der Waals surface area contributed by atoms with Crippen molar-refractivity contribution in [3.63, 3.8) is 0 Å². The van der Waals surface area contributed by atoms with Crippen LogP contribution in [0.5, 0.6) is 5.75 Å². The van der Waals surface area contributed by atoms with Gasteiger partial charge in [-0.1, -0.05) is 24.3 Å². The number of hydrogen-bond acceptors (Lipinski definition) is 8. The van der Waals surface area contributed by atoms with Crippen LogP contribution in [0.25, 0.3) is 42.6 Å². The molecular formula is C33H31N5O3S2. The standard InChI is InChI=1S/C33H31N5O3S2/c1-37-26-6-4-3-5-21(26)15-27(37)33(39)36-25-9-7-20(16-28(25)40-2)24-19-42-31-23(17-35-32(34)30(24)31)29-10-8-22(43-29)18-38-11-13-41-14-12-38/h3-10,15-17,19H,11-14,18H2,1-2H3,(H2,34,35)(H,36,39). The molecule has 1 aliphatic heterocycles. The number of aromatic nitrogens is 2. The molecule has 10 heteroatoms. The molecule has 0 aliphatic carbocycles. The monoisotopic (exact) mass is 609 g/mol. The van der Waals surface area contributed by atoms with E-state index in [2.05, 4.69) is 32.7 Å². The lowest BCUT2D eigenvalue weighted by Crippen LogP contribution is -2.35. The second kappa shape index (κ2) is 11.5. The van der Waals surface area contributed by atoms with Crippen molar-refractivity contribution in [2.75, 3.05) is 44.5 Å². The Hall–Kier alpha value is -4.22. The van der Waals surface area contributed by atoms with Gasteiger partial charge in [0, 0.05) is 74.7 Å². The summed E-state index contributed by atoms with van der Waals surface area (Å²) in [6, 6.07) is 20.0. The maximum Gasteiger partial charge on any atom is 0.272 e. The van der Waals surface area contributed by atoms with Crippen LogP contribution in [0, 0.1) is 0 Å².